The van der Waals surface area contributed by atoms with Crippen molar-refractivity contribution in [3.8, 4) is 0 Å². The van der Waals surface area contributed by atoms with Crippen LogP contribution in [0, 0.1) is 17.6 Å². The highest BCUT2D eigenvalue weighted by Gasteiger charge is 2.29. The molecule has 20 heavy (non-hydrogen) atoms. The Labute approximate surface area is 130 Å². The monoisotopic (exact) mass is 368 g/mol. The van der Waals surface area contributed by atoms with Crippen molar-refractivity contribution in [2.24, 2.45) is 11.7 Å². The van der Waals surface area contributed by atoms with Gasteiger partial charge in [-0.1, -0.05) is 22.4 Å². The summed E-state index contributed by atoms with van der Waals surface area (Å²) in [6.07, 6.45) is 2.71. The molecule has 1 aromatic rings. The van der Waals surface area contributed by atoms with E-state index in [1.807, 2.05) is 0 Å². The number of benzene rings is 1. The van der Waals surface area contributed by atoms with Crippen LogP contribution in [0.15, 0.2) is 16.6 Å². The molecule has 0 saturated heterocycles. The van der Waals surface area contributed by atoms with E-state index in [1.165, 1.54) is 0 Å². The van der Waals surface area contributed by atoms with E-state index in [1.54, 1.807) is 0 Å². The first-order valence-corrected chi connectivity index (χ1v) is 6.97. The van der Waals surface area contributed by atoms with Crippen molar-refractivity contribution in [3.05, 3.63) is 33.8 Å². The summed E-state index contributed by atoms with van der Waals surface area (Å²) in [7, 11) is 0. The van der Waals surface area contributed by atoms with E-state index in [0.29, 0.717) is 6.54 Å². The predicted octanol–water partition coefficient (Wildman–Crippen LogP) is 3.01. The van der Waals surface area contributed by atoms with Crippen molar-refractivity contribution in [2.75, 3.05) is 6.54 Å². The van der Waals surface area contributed by atoms with Crippen LogP contribution in [0.3, 0.4) is 0 Å². The van der Waals surface area contributed by atoms with E-state index in [-0.39, 0.29) is 28.8 Å². The van der Waals surface area contributed by atoms with Crippen LogP contribution < -0.4 is 11.1 Å². The van der Waals surface area contributed by atoms with Gasteiger partial charge in [-0.3, -0.25) is 4.79 Å². The molecular formula is C13H16BrClF2N2O. The van der Waals surface area contributed by atoms with Crippen LogP contribution in [0.5, 0.6) is 0 Å². The van der Waals surface area contributed by atoms with Crippen molar-refractivity contribution in [1.82, 2.24) is 5.32 Å². The van der Waals surface area contributed by atoms with Crippen LogP contribution in [-0.2, 0) is 0 Å². The Morgan fingerprint density at radius 3 is 2.50 bits per heavy atom. The average molecular weight is 370 g/mol. The summed E-state index contributed by atoms with van der Waals surface area (Å²) in [5.74, 6) is -2.27. The Balaban J connectivity index is 0.00000200. The molecule has 3 nitrogen and oxygen atoms in total. The first kappa shape index (κ1) is 17.3. The molecule has 112 valence electrons. The molecular weight excluding hydrogens is 354 g/mol. The summed E-state index contributed by atoms with van der Waals surface area (Å²) in [4.78, 5) is 12.0. The van der Waals surface area contributed by atoms with Crippen LogP contribution in [-0.4, -0.2) is 18.5 Å². The zero-order valence-electron chi connectivity index (χ0n) is 10.7. The number of rotatable bonds is 3. The maximum absolute atomic E-state index is 13.7. The lowest BCUT2D eigenvalue weighted by atomic mass is 10.0. The Kier molecular flexibility index (Phi) is 6.36. The SMILES string of the molecule is Cl.NCC1CCCC1NC(=O)c1c(F)cc(Br)cc1F. The Hall–Kier alpha value is -0.720. The summed E-state index contributed by atoms with van der Waals surface area (Å²) in [6.45, 7) is 0.469. The second kappa shape index (κ2) is 7.33. The summed E-state index contributed by atoms with van der Waals surface area (Å²) < 4.78 is 27.6. The highest BCUT2D eigenvalue weighted by molar-refractivity contribution is 9.10. The second-order valence-electron chi connectivity index (χ2n) is 4.75. The van der Waals surface area contributed by atoms with Crippen molar-refractivity contribution < 1.29 is 13.6 Å². The van der Waals surface area contributed by atoms with Crippen molar-refractivity contribution in [2.45, 2.75) is 25.3 Å². The quantitative estimate of drug-likeness (QED) is 0.860. The third kappa shape index (κ3) is 3.68. The predicted molar refractivity (Wildman–Crippen MR) is 79.0 cm³/mol. The lowest BCUT2D eigenvalue weighted by molar-refractivity contribution is 0.0920. The van der Waals surface area contributed by atoms with Gasteiger partial charge in [-0.25, -0.2) is 8.78 Å². The molecule has 3 N–H and O–H groups in total. The van der Waals surface area contributed by atoms with E-state index in [2.05, 4.69) is 21.2 Å². The number of halogens is 4. The van der Waals surface area contributed by atoms with Crippen molar-refractivity contribution >= 4 is 34.2 Å². The smallest absolute Gasteiger partial charge is 0.257 e. The van der Waals surface area contributed by atoms with Gasteiger partial charge in [-0.05, 0) is 37.4 Å². The first-order valence-electron chi connectivity index (χ1n) is 6.18. The maximum atomic E-state index is 13.7. The van der Waals surface area contributed by atoms with Gasteiger partial charge >= 0.3 is 0 Å². The number of nitrogens with one attached hydrogen (secondary N) is 1. The topological polar surface area (TPSA) is 55.1 Å². The summed E-state index contributed by atoms with van der Waals surface area (Å²) >= 11 is 2.98. The minimum absolute atomic E-state index is 0. The fourth-order valence-electron chi connectivity index (χ4n) is 2.51. The van der Waals surface area contributed by atoms with Crippen LogP contribution in [0.4, 0.5) is 8.78 Å². The van der Waals surface area contributed by atoms with Gasteiger partial charge in [-0.2, -0.15) is 0 Å². The van der Waals surface area contributed by atoms with E-state index in [0.717, 1.165) is 31.4 Å². The lowest BCUT2D eigenvalue weighted by Crippen LogP contribution is -2.40. The fourth-order valence-corrected chi connectivity index (χ4v) is 2.91. The Bertz CT molecular complexity index is 478. The average Bonchev–Trinajstić information content (AvgIpc) is 2.74. The molecule has 1 fully saturated rings. The molecule has 0 spiro atoms. The largest absolute Gasteiger partial charge is 0.349 e. The van der Waals surface area contributed by atoms with Crippen LogP contribution >= 0.6 is 28.3 Å². The van der Waals surface area contributed by atoms with Gasteiger partial charge in [0.2, 0.25) is 0 Å². The number of nitrogens with two attached hydrogens (primary N) is 1. The van der Waals surface area contributed by atoms with Crippen LogP contribution in [0.1, 0.15) is 29.6 Å². The Morgan fingerprint density at radius 1 is 1.35 bits per heavy atom. The molecule has 0 aliphatic heterocycles. The Morgan fingerprint density at radius 2 is 1.95 bits per heavy atom. The molecule has 1 amide bonds. The standard InChI is InChI=1S/C13H15BrF2N2O.ClH/c14-8-4-9(15)12(10(16)5-8)13(19)18-11-3-1-2-7(11)6-17;/h4-5,7,11H,1-3,6,17H2,(H,18,19);1H. The fraction of sp³-hybridized carbons (Fsp3) is 0.462. The van der Waals surface area contributed by atoms with Gasteiger partial charge in [0.15, 0.2) is 0 Å². The van der Waals surface area contributed by atoms with Gasteiger partial charge in [0, 0.05) is 10.5 Å². The van der Waals surface area contributed by atoms with Gasteiger partial charge in [-0.15, -0.1) is 12.4 Å². The molecule has 7 heteroatoms. The van der Waals surface area contributed by atoms with Crippen molar-refractivity contribution in [1.29, 1.82) is 0 Å². The molecule has 0 radical (unpaired) electrons. The zero-order chi connectivity index (χ0) is 14.0. The number of carbonyl (C=O) groups excluding carboxylic acids is 1. The molecule has 0 heterocycles. The van der Waals surface area contributed by atoms with E-state index in [9.17, 15) is 13.6 Å². The summed E-state index contributed by atoms with van der Waals surface area (Å²) in [6, 6.07) is 2.06. The molecule has 0 aromatic heterocycles. The van der Waals surface area contributed by atoms with E-state index < -0.39 is 23.1 Å². The van der Waals surface area contributed by atoms with Gasteiger partial charge < -0.3 is 11.1 Å². The highest BCUT2D eigenvalue weighted by atomic mass is 79.9. The van der Waals surface area contributed by atoms with Gasteiger partial charge in [0.1, 0.15) is 17.2 Å². The normalized spacial score (nSPS) is 21.4. The molecule has 1 aromatic carbocycles. The number of hydrogen-bond acceptors (Lipinski definition) is 2. The van der Waals surface area contributed by atoms with Gasteiger partial charge in [0.05, 0.1) is 0 Å². The zero-order valence-corrected chi connectivity index (χ0v) is 13.1. The summed E-state index contributed by atoms with van der Waals surface area (Å²) in [5, 5.41) is 2.68. The van der Waals surface area contributed by atoms with E-state index in [4.69, 9.17) is 5.73 Å². The molecule has 2 atom stereocenters. The summed E-state index contributed by atoms with van der Waals surface area (Å²) in [5.41, 5.74) is 5.08. The van der Waals surface area contributed by atoms with Crippen molar-refractivity contribution in [3.63, 3.8) is 0 Å². The molecule has 1 aliphatic carbocycles. The number of amides is 1. The third-order valence-corrected chi connectivity index (χ3v) is 3.97. The molecule has 2 rings (SSSR count). The van der Waals surface area contributed by atoms with Gasteiger partial charge in [0.25, 0.3) is 5.91 Å². The third-order valence-electron chi connectivity index (χ3n) is 3.51. The molecule has 1 aliphatic rings. The molecule has 0 bridgehead atoms. The highest BCUT2D eigenvalue weighted by Crippen LogP contribution is 2.26. The number of carbonyl (C=O) groups is 1. The second-order valence-corrected chi connectivity index (χ2v) is 5.67. The van der Waals surface area contributed by atoms with Crippen LogP contribution in [0.2, 0.25) is 0 Å². The minimum atomic E-state index is -0.869. The van der Waals surface area contributed by atoms with Crippen LogP contribution in [0.25, 0.3) is 0 Å². The van der Waals surface area contributed by atoms with E-state index >= 15 is 0 Å². The minimum Gasteiger partial charge on any atom is -0.349 e. The molecule has 2 unspecified atom stereocenters. The first-order chi connectivity index (χ1) is 9.02. The maximum Gasteiger partial charge on any atom is 0.257 e. The number of hydrogen-bond donors (Lipinski definition) is 2. The molecule has 1 saturated carbocycles. The lowest BCUT2D eigenvalue weighted by Gasteiger charge is -2.19.